The van der Waals surface area contributed by atoms with Crippen molar-refractivity contribution < 1.29 is 43.9 Å². The molecule has 17 aromatic heterocycles. The summed E-state index contributed by atoms with van der Waals surface area (Å²) in [4.78, 5) is 33.3. The maximum Gasteiger partial charge on any atom is 2.00 e. The van der Waals surface area contributed by atoms with Crippen molar-refractivity contribution in [2.45, 2.75) is 125 Å². The molecule has 4 aliphatic heterocycles. The van der Waals surface area contributed by atoms with Crippen LogP contribution in [0.5, 0.6) is 11.5 Å². The van der Waals surface area contributed by atoms with Gasteiger partial charge in [0.15, 0.2) is 11.2 Å². The van der Waals surface area contributed by atoms with Crippen LogP contribution in [0.3, 0.4) is 0 Å². The number of pyridine rings is 11. The number of hydrogen-bond donors (Lipinski definition) is 0. The Morgan fingerprint density at radius 2 is 0.770 bits per heavy atom. The van der Waals surface area contributed by atoms with Crippen LogP contribution < -0.4 is 22.9 Å². The summed E-state index contributed by atoms with van der Waals surface area (Å²) in [5.41, 5.74) is 33.3. The second-order valence-corrected chi connectivity index (χ2v) is 38.8. The maximum absolute atomic E-state index is 6.45. The number of para-hydroxylation sites is 4. The van der Waals surface area contributed by atoms with E-state index in [4.69, 9.17) is 29.7 Å². The van der Waals surface area contributed by atoms with Crippen LogP contribution in [0.2, 0.25) is 0 Å². The number of hydrogen-bond acceptors (Lipinski definition) is 8. The second kappa shape index (κ2) is 32.0. The molecule has 19 heteroatoms. The van der Waals surface area contributed by atoms with E-state index in [0.29, 0.717) is 35.2 Å². The number of nitrogens with zero attached hydrogens (tertiary/aromatic N) is 17. The predicted molar refractivity (Wildman–Crippen MR) is 554 cm³/mol. The van der Waals surface area contributed by atoms with Crippen molar-refractivity contribution in [1.82, 2.24) is 62.5 Å². The molecule has 0 bridgehead atoms. The van der Waals surface area contributed by atoms with Crippen LogP contribution in [-0.4, -0.2) is 62.5 Å². The summed E-state index contributed by atoms with van der Waals surface area (Å²) in [5, 5.41) is 20.1. The van der Waals surface area contributed by atoms with E-state index in [1.54, 1.807) is 6.20 Å². The number of ether oxygens (including phenoxy) is 1. The quantitative estimate of drug-likeness (QED) is 0.0789. The van der Waals surface area contributed by atoms with E-state index in [0.717, 1.165) is 109 Å². The molecule has 0 aliphatic carbocycles. The van der Waals surface area contributed by atoms with E-state index in [9.17, 15) is 0 Å². The van der Waals surface area contributed by atoms with Gasteiger partial charge in [-0.25, -0.2) is 34.5 Å². The normalized spacial score (nSPS) is 12.8. The third kappa shape index (κ3) is 12.4. The fourth-order valence-electron chi connectivity index (χ4n) is 23.4. The summed E-state index contributed by atoms with van der Waals surface area (Å²) in [6.07, 6.45) is 15.4. The van der Waals surface area contributed by atoms with E-state index in [2.05, 4.69) is 343 Å². The van der Waals surface area contributed by atoms with Gasteiger partial charge in [-0.05, 0) is 166 Å². The van der Waals surface area contributed by atoms with Crippen LogP contribution >= 0.6 is 0 Å². The number of imidazole rings is 1. The van der Waals surface area contributed by atoms with E-state index < -0.39 is 0 Å². The fraction of sp³-hybridized carbons (Fsp3) is 0.158. The minimum absolute atomic E-state index is 0. The molecule has 27 aromatic rings. The fourth-order valence-corrected chi connectivity index (χ4v) is 23.4. The van der Waals surface area contributed by atoms with Crippen LogP contribution in [0.15, 0.2) is 316 Å². The molecule has 4 aliphatic rings. The van der Waals surface area contributed by atoms with Crippen LogP contribution in [0.25, 0.3) is 198 Å². The van der Waals surface area contributed by atoms with Gasteiger partial charge in [0.25, 0.3) is 27.7 Å². The average Bonchev–Trinajstić information content (AvgIpc) is 1.51. The molecular weight excluding hydrogens is 1890 g/mol. The van der Waals surface area contributed by atoms with Gasteiger partial charge in [-0.3, -0.25) is 4.98 Å². The molecule has 139 heavy (non-hydrogen) atoms. The standard InChI is InChI=1S/C36H25N5O.3C22H18N3.C18H16N3.Pt/c1-23(2)26-10-7-19-38-35(26)41-33-22-25(15-17-29(33)30-11-8-20-39-36(30)41)42-24-14-16-28-27-9-3-4-12-31(27)40(32(28)21-24)34-13-5-6-18-37-34;1-13(2)15-7-4-8-16-17-9-3-6-14-12-24-18-10-5-11-23-20(18)22(19(15)16)25(24)21(14)17;1-13(2)15-7-4-10-18-19(15)22-20-16(9-5-11-23-20)17-8-3-6-14-12-24(18)25(22)21(14)17;1-13(2)15-10-9-14-12-24-18-8-4-3-6-16(18)22-17-7-5-11-23-20(17)19(15)21(14)25(22)24;1-11(2)15-10-20-9-12-5-3-6-13-14-7-4-8-19-17(14)21(15)18(20)16(12)13;/h3-20,23H,1-2H3;3*3-11,13H,12H2,1-2H3;3-8,10-11H,9H2,1-2H3;/q-2;4*+1;+2. The van der Waals surface area contributed by atoms with E-state index in [1.165, 1.54) is 165 Å². The van der Waals surface area contributed by atoms with Gasteiger partial charge in [0.05, 0.1) is 70.7 Å². The van der Waals surface area contributed by atoms with Crippen molar-refractivity contribution in [2.75, 3.05) is 0 Å². The van der Waals surface area contributed by atoms with Crippen molar-refractivity contribution >= 4 is 186 Å². The smallest absolute Gasteiger partial charge is 0.509 e. The summed E-state index contributed by atoms with van der Waals surface area (Å²) in [5.74, 6) is 5.05. The molecule has 0 N–H and O–H groups in total. The zero-order valence-electron chi connectivity index (χ0n) is 78.6. The molecular formula is C120H95N17OPt+4. The van der Waals surface area contributed by atoms with Crippen LogP contribution in [0.1, 0.15) is 149 Å². The number of benzene rings is 10. The Kier molecular flexibility index (Phi) is 19.3. The van der Waals surface area contributed by atoms with Gasteiger partial charge in [0.2, 0.25) is 16.7 Å². The van der Waals surface area contributed by atoms with Gasteiger partial charge in [-0.15, -0.1) is 49.1 Å². The summed E-state index contributed by atoms with van der Waals surface area (Å²) in [6, 6.07) is 101. The number of fused-ring (bicyclic) bond motifs is 27. The number of rotatable bonds is 9. The van der Waals surface area contributed by atoms with E-state index in [-0.39, 0.29) is 27.0 Å². The Morgan fingerprint density at radius 3 is 1.47 bits per heavy atom. The third-order valence-corrected chi connectivity index (χ3v) is 29.3. The first-order valence-corrected chi connectivity index (χ1v) is 48.2. The molecule has 0 amide bonds. The van der Waals surface area contributed by atoms with E-state index >= 15 is 0 Å². The van der Waals surface area contributed by atoms with Gasteiger partial charge in [0.1, 0.15) is 71.7 Å². The molecule has 672 valence electrons. The molecule has 0 saturated carbocycles. The zero-order chi connectivity index (χ0) is 92.5. The minimum Gasteiger partial charge on any atom is -0.509 e. The summed E-state index contributed by atoms with van der Waals surface area (Å²) in [7, 11) is 0. The maximum atomic E-state index is 6.45. The second-order valence-electron chi connectivity index (χ2n) is 38.8. The number of aromatic nitrogens is 17. The van der Waals surface area contributed by atoms with Crippen LogP contribution in [0, 0.1) is 12.1 Å². The molecule has 0 spiro atoms. The van der Waals surface area contributed by atoms with Crippen molar-refractivity contribution in [3.8, 4) is 23.1 Å². The van der Waals surface area contributed by atoms with Gasteiger partial charge >= 0.3 is 21.1 Å². The van der Waals surface area contributed by atoms with Crippen molar-refractivity contribution in [3.05, 3.63) is 379 Å². The van der Waals surface area contributed by atoms with E-state index in [1.807, 2.05) is 104 Å². The molecule has 21 heterocycles. The topological polar surface area (TPSA) is 145 Å². The first-order chi connectivity index (χ1) is 67.7. The first-order valence-electron chi connectivity index (χ1n) is 48.2. The van der Waals surface area contributed by atoms with Gasteiger partial charge in [-0.1, -0.05) is 227 Å². The molecule has 0 fully saturated rings. The van der Waals surface area contributed by atoms with Gasteiger partial charge in [0, 0.05) is 88.0 Å². The summed E-state index contributed by atoms with van der Waals surface area (Å²) >= 11 is 0. The van der Waals surface area contributed by atoms with Crippen LogP contribution in [0.4, 0.5) is 0 Å². The third-order valence-electron chi connectivity index (χ3n) is 29.3. The Hall–Kier alpha value is -16.0. The Labute approximate surface area is 813 Å². The van der Waals surface area contributed by atoms with Crippen molar-refractivity contribution in [3.63, 3.8) is 0 Å². The van der Waals surface area contributed by atoms with Crippen molar-refractivity contribution in [2.24, 2.45) is 0 Å². The SMILES string of the molecule is CC(C)c1c[n+]2c3c4c(cccc4c4cccnc4n13)C2.CC(C)c1ccc2c3c1c1ncccc1c1c4ccccc4n([n+]31)C2.CC(C)c1cccc2c1c1c3ncccc3c3cccc4c3[n+]1n2C4.CC(C)c1cccc2c3cccc4c3[n+]3c(c5ncccc5n3C4)c12.CC(C)c1cccnc1-n1c2[c-]c(Oc3[c-]c4c(cc3)c3ccccc3n4-c3ccccn3)ccc2c2cccnc21.[Pt+2]. The molecule has 0 unspecified atom stereocenters. The molecule has 18 nitrogen and oxygen atoms in total. The first kappa shape index (κ1) is 83.5. The molecule has 31 rings (SSSR count). The largest absolute Gasteiger partial charge is 2.00 e. The molecule has 0 radical (unpaired) electrons. The molecule has 0 atom stereocenters. The monoisotopic (exact) mass is 1980 g/mol. The summed E-state index contributed by atoms with van der Waals surface area (Å²) < 4.78 is 29.9. The van der Waals surface area contributed by atoms with Gasteiger partial charge in [-0.2, -0.15) is 16.5 Å². The molecule has 10 aromatic carbocycles. The zero-order valence-corrected chi connectivity index (χ0v) is 80.8. The Balaban J connectivity index is 0.0000000915. The van der Waals surface area contributed by atoms with Crippen LogP contribution in [-0.2, 0) is 47.2 Å². The minimum atomic E-state index is 0. The Bertz CT molecular complexity index is 9900. The van der Waals surface area contributed by atoms with Crippen molar-refractivity contribution in [1.29, 1.82) is 0 Å². The van der Waals surface area contributed by atoms with Gasteiger partial charge < -0.3 is 13.9 Å². The summed E-state index contributed by atoms with van der Waals surface area (Å²) in [6.45, 7) is 26.2. The average molecular weight is 1990 g/mol. The predicted octanol–water partition coefficient (Wildman–Crippen LogP) is 25.7. The Morgan fingerprint density at radius 1 is 0.295 bits per heavy atom. The molecule has 0 saturated heterocycles.